The molecule has 0 radical (unpaired) electrons. The second kappa shape index (κ2) is 10.3. The molecule has 3 aromatic heterocycles. The Hall–Kier alpha value is -4.44. The van der Waals surface area contributed by atoms with Crippen LogP contribution in [0.1, 0.15) is 47.5 Å². The van der Waals surface area contributed by atoms with Gasteiger partial charge in [0, 0.05) is 48.9 Å². The standard InChI is InChI=1S/C30H28N2O8/c1-38-27(35)11-21(22-16-39-25-7-3-2-5-20(25)28(22)36)30-29(37)24(33)10-19(40-30)15-31-12-17-9-18(14-31)23-6-4-8-26(34)32(23)13-17/h2-8,10,16-18,21,37H,9,11-15H2,1H3/t17-,18+,21-/m1/s1. The van der Waals surface area contributed by atoms with Crippen molar-refractivity contribution in [3.05, 3.63) is 108 Å². The fraction of sp³-hybridized carbons (Fsp3) is 0.333. The van der Waals surface area contributed by atoms with Crippen molar-refractivity contribution in [2.45, 2.75) is 37.8 Å². The number of hydrogen-bond donors (Lipinski definition) is 1. The van der Waals surface area contributed by atoms with Crippen LogP contribution in [-0.4, -0.2) is 40.7 Å². The van der Waals surface area contributed by atoms with E-state index in [1.54, 1.807) is 36.4 Å². The molecule has 3 atom stereocenters. The second-order valence-corrected chi connectivity index (χ2v) is 10.5. The molecular weight excluding hydrogens is 516 g/mol. The Labute approximate surface area is 228 Å². The molecule has 40 heavy (non-hydrogen) atoms. The third kappa shape index (κ3) is 4.64. The van der Waals surface area contributed by atoms with Crippen molar-refractivity contribution in [3.8, 4) is 5.75 Å². The largest absolute Gasteiger partial charge is 0.502 e. The van der Waals surface area contributed by atoms with Gasteiger partial charge < -0.3 is 23.2 Å². The lowest BCUT2D eigenvalue weighted by molar-refractivity contribution is -0.140. The first-order valence-electron chi connectivity index (χ1n) is 13.2. The Balaban J connectivity index is 1.36. The van der Waals surface area contributed by atoms with Crippen LogP contribution in [0.5, 0.6) is 5.75 Å². The smallest absolute Gasteiger partial charge is 0.306 e. The number of aromatic nitrogens is 1. The fourth-order valence-electron chi connectivity index (χ4n) is 6.14. The summed E-state index contributed by atoms with van der Waals surface area (Å²) in [6.45, 7) is 2.28. The van der Waals surface area contributed by atoms with Gasteiger partial charge in [-0.1, -0.05) is 18.2 Å². The number of piperidine rings is 1. The van der Waals surface area contributed by atoms with Gasteiger partial charge in [0.05, 0.1) is 37.6 Å². The number of para-hydroxylation sites is 1. The van der Waals surface area contributed by atoms with Crippen LogP contribution in [0.2, 0.25) is 0 Å². The Bertz CT molecular complexity index is 1790. The van der Waals surface area contributed by atoms with Crippen LogP contribution in [0.4, 0.5) is 0 Å². The number of ether oxygens (including phenoxy) is 1. The zero-order valence-electron chi connectivity index (χ0n) is 21.9. The molecular formula is C30H28N2O8. The summed E-state index contributed by atoms with van der Waals surface area (Å²) in [5.41, 5.74) is 0.361. The average Bonchev–Trinajstić information content (AvgIpc) is 2.95. The van der Waals surface area contributed by atoms with Gasteiger partial charge in [0.25, 0.3) is 5.56 Å². The van der Waals surface area contributed by atoms with Gasteiger partial charge in [-0.2, -0.15) is 0 Å². The lowest BCUT2D eigenvalue weighted by atomic mass is 9.83. The highest BCUT2D eigenvalue weighted by molar-refractivity contribution is 5.77. The van der Waals surface area contributed by atoms with Crippen molar-refractivity contribution < 1.29 is 23.5 Å². The number of fused-ring (bicyclic) bond motifs is 5. The summed E-state index contributed by atoms with van der Waals surface area (Å²) >= 11 is 0. The number of methoxy groups -OCH3 is 1. The molecule has 4 aromatic rings. The van der Waals surface area contributed by atoms with E-state index in [4.69, 9.17) is 13.6 Å². The van der Waals surface area contributed by atoms with Gasteiger partial charge in [-0.05, 0) is 30.5 Å². The number of benzene rings is 1. The van der Waals surface area contributed by atoms with E-state index in [0.29, 0.717) is 36.4 Å². The molecule has 206 valence electrons. The Morgan fingerprint density at radius 2 is 1.93 bits per heavy atom. The number of aromatic hydroxyl groups is 1. The summed E-state index contributed by atoms with van der Waals surface area (Å²) in [6, 6.07) is 13.3. The third-order valence-corrected chi connectivity index (χ3v) is 7.93. The number of pyridine rings is 1. The first-order valence-corrected chi connectivity index (χ1v) is 13.2. The minimum Gasteiger partial charge on any atom is -0.502 e. The van der Waals surface area contributed by atoms with Crippen molar-refractivity contribution in [1.82, 2.24) is 9.47 Å². The van der Waals surface area contributed by atoms with Gasteiger partial charge in [-0.15, -0.1) is 0 Å². The van der Waals surface area contributed by atoms with E-state index in [1.807, 2.05) is 10.6 Å². The minimum absolute atomic E-state index is 0.00429. The van der Waals surface area contributed by atoms with E-state index in [0.717, 1.165) is 12.1 Å². The molecule has 10 heteroatoms. The molecule has 2 bridgehead atoms. The zero-order chi connectivity index (χ0) is 28.0. The molecule has 2 aliphatic heterocycles. The van der Waals surface area contributed by atoms with Gasteiger partial charge in [0.15, 0.2) is 11.2 Å². The topological polar surface area (TPSA) is 132 Å². The predicted molar refractivity (Wildman–Crippen MR) is 144 cm³/mol. The van der Waals surface area contributed by atoms with Gasteiger partial charge in [0.1, 0.15) is 11.3 Å². The number of likely N-dealkylation sites (tertiary alicyclic amines) is 1. The Morgan fingerprint density at radius 3 is 2.75 bits per heavy atom. The number of carbonyl (C=O) groups excluding carboxylic acids is 1. The average molecular weight is 545 g/mol. The monoisotopic (exact) mass is 544 g/mol. The van der Waals surface area contributed by atoms with Crippen molar-refractivity contribution in [3.63, 3.8) is 0 Å². The maximum atomic E-state index is 13.4. The highest BCUT2D eigenvalue weighted by Crippen LogP contribution is 2.37. The maximum Gasteiger partial charge on any atom is 0.306 e. The lowest BCUT2D eigenvalue weighted by Gasteiger charge is -2.42. The number of hydrogen-bond acceptors (Lipinski definition) is 9. The molecule has 0 aliphatic carbocycles. The first kappa shape index (κ1) is 25.8. The van der Waals surface area contributed by atoms with E-state index in [1.165, 1.54) is 19.4 Å². The Kier molecular flexibility index (Phi) is 6.63. The van der Waals surface area contributed by atoms with Crippen LogP contribution in [0.15, 0.2) is 78.0 Å². The normalized spacial score (nSPS) is 19.2. The maximum absolute atomic E-state index is 13.4. The van der Waals surface area contributed by atoms with Gasteiger partial charge in [-0.25, -0.2) is 0 Å². The minimum atomic E-state index is -1.11. The van der Waals surface area contributed by atoms with E-state index in [-0.39, 0.29) is 41.7 Å². The zero-order valence-corrected chi connectivity index (χ0v) is 21.9. The molecule has 0 saturated carbocycles. The van der Waals surface area contributed by atoms with Crippen molar-refractivity contribution in [1.29, 1.82) is 0 Å². The van der Waals surface area contributed by atoms with Gasteiger partial charge in [-0.3, -0.25) is 24.1 Å². The molecule has 2 aliphatic rings. The van der Waals surface area contributed by atoms with Crippen LogP contribution < -0.4 is 16.4 Å². The van der Waals surface area contributed by atoms with E-state index >= 15 is 0 Å². The third-order valence-electron chi connectivity index (χ3n) is 7.93. The van der Waals surface area contributed by atoms with E-state index in [2.05, 4.69) is 4.90 Å². The fourth-order valence-corrected chi connectivity index (χ4v) is 6.14. The quantitative estimate of drug-likeness (QED) is 0.364. The van der Waals surface area contributed by atoms with Crippen molar-refractivity contribution >= 4 is 16.9 Å². The van der Waals surface area contributed by atoms with Crippen LogP contribution in [0, 0.1) is 5.92 Å². The SMILES string of the molecule is COC(=O)C[C@@H](c1oc(CN2C[C@H]3C[C@@H](C2)c2cccc(=O)n2C3)cc(=O)c1O)c1coc2ccccc2c1=O. The summed E-state index contributed by atoms with van der Waals surface area (Å²) in [7, 11) is 1.22. The summed E-state index contributed by atoms with van der Waals surface area (Å²) in [5, 5.41) is 11.1. The summed E-state index contributed by atoms with van der Waals surface area (Å²) in [5.74, 6) is -1.90. The van der Waals surface area contributed by atoms with E-state index in [9.17, 15) is 24.3 Å². The number of nitrogens with zero attached hydrogens (tertiary/aromatic N) is 2. The number of esters is 1. The van der Waals surface area contributed by atoms with Crippen molar-refractivity contribution in [2.24, 2.45) is 5.92 Å². The summed E-state index contributed by atoms with van der Waals surface area (Å²) in [6.07, 6.45) is 1.86. The molecule has 1 saturated heterocycles. The van der Waals surface area contributed by atoms with E-state index < -0.39 is 28.5 Å². The van der Waals surface area contributed by atoms with Crippen LogP contribution in [-0.2, 0) is 22.6 Å². The number of carbonyl (C=O) groups is 1. The molecule has 0 spiro atoms. The highest BCUT2D eigenvalue weighted by atomic mass is 16.5. The molecule has 10 nitrogen and oxygen atoms in total. The second-order valence-electron chi connectivity index (χ2n) is 10.5. The molecule has 1 aromatic carbocycles. The molecule has 0 amide bonds. The predicted octanol–water partition coefficient (Wildman–Crippen LogP) is 2.93. The Morgan fingerprint density at radius 1 is 1.10 bits per heavy atom. The molecule has 0 unspecified atom stereocenters. The van der Waals surface area contributed by atoms with Gasteiger partial charge >= 0.3 is 5.97 Å². The lowest BCUT2D eigenvalue weighted by Crippen LogP contribution is -2.46. The van der Waals surface area contributed by atoms with Crippen LogP contribution in [0.3, 0.4) is 0 Å². The van der Waals surface area contributed by atoms with Crippen LogP contribution >= 0.6 is 0 Å². The highest BCUT2D eigenvalue weighted by Gasteiger charge is 2.35. The molecule has 1 N–H and O–H groups in total. The number of rotatable bonds is 6. The van der Waals surface area contributed by atoms with Gasteiger partial charge in [0.2, 0.25) is 11.2 Å². The van der Waals surface area contributed by atoms with Crippen LogP contribution in [0.25, 0.3) is 11.0 Å². The summed E-state index contributed by atoms with van der Waals surface area (Å²) < 4.78 is 18.4. The molecule has 6 rings (SSSR count). The summed E-state index contributed by atoms with van der Waals surface area (Å²) in [4.78, 5) is 53.2. The molecule has 5 heterocycles. The first-order chi connectivity index (χ1) is 19.3. The van der Waals surface area contributed by atoms with Crippen molar-refractivity contribution in [2.75, 3.05) is 20.2 Å². The molecule has 1 fully saturated rings.